The molecule has 1 heterocycles. The monoisotopic (exact) mass is 305 g/mol. The van der Waals surface area contributed by atoms with Gasteiger partial charge in [0.1, 0.15) is 5.82 Å². The summed E-state index contributed by atoms with van der Waals surface area (Å²) in [5.74, 6) is 0.291. The minimum Gasteiger partial charge on any atom is -0.478 e. The molecule has 114 valence electrons. The van der Waals surface area contributed by atoms with Crippen LogP contribution in [0.5, 0.6) is 0 Å². The van der Waals surface area contributed by atoms with Crippen LogP contribution in [0.1, 0.15) is 16.1 Å². The number of nitrogens with zero attached hydrogens (tertiary/aromatic N) is 2. The summed E-state index contributed by atoms with van der Waals surface area (Å²) in [6.45, 7) is 1.90. The molecule has 3 rings (SSSR count). The van der Waals surface area contributed by atoms with E-state index in [1.165, 1.54) is 0 Å². The third-order valence-corrected chi connectivity index (χ3v) is 3.27. The van der Waals surface area contributed by atoms with Crippen molar-refractivity contribution in [1.82, 2.24) is 9.97 Å². The maximum atomic E-state index is 11.0. The third-order valence-electron chi connectivity index (χ3n) is 3.27. The number of aromatic carboxylic acids is 1. The first-order valence-electron chi connectivity index (χ1n) is 7.13. The third kappa shape index (κ3) is 3.52. The number of carbonyl (C=O) groups is 1. The molecule has 2 N–H and O–H groups in total. The molecule has 23 heavy (non-hydrogen) atoms. The number of hydrogen-bond donors (Lipinski definition) is 2. The highest BCUT2D eigenvalue weighted by Gasteiger charge is 2.07. The Morgan fingerprint density at radius 1 is 1.00 bits per heavy atom. The second-order valence-corrected chi connectivity index (χ2v) is 5.10. The predicted octanol–water partition coefficient (Wildman–Crippen LogP) is 3.89. The summed E-state index contributed by atoms with van der Waals surface area (Å²) in [7, 11) is 0. The smallest absolute Gasteiger partial charge is 0.335 e. The molecular weight excluding hydrogens is 290 g/mol. The summed E-state index contributed by atoms with van der Waals surface area (Å²) in [5, 5.41) is 12.2. The molecule has 5 heteroatoms. The van der Waals surface area contributed by atoms with Gasteiger partial charge in [-0.1, -0.05) is 36.4 Å². The maximum Gasteiger partial charge on any atom is 0.335 e. The number of rotatable bonds is 4. The molecule has 0 radical (unpaired) electrons. The Morgan fingerprint density at radius 2 is 1.78 bits per heavy atom. The lowest BCUT2D eigenvalue weighted by atomic mass is 10.2. The van der Waals surface area contributed by atoms with Crippen LogP contribution in [0.4, 0.5) is 11.5 Å². The van der Waals surface area contributed by atoms with Crippen molar-refractivity contribution in [1.29, 1.82) is 0 Å². The Kier molecular flexibility index (Phi) is 4.01. The molecule has 5 nitrogen and oxygen atoms in total. The number of carboxylic acids is 1. The number of carboxylic acid groups (broad SMARTS) is 1. The average molecular weight is 305 g/mol. The van der Waals surface area contributed by atoms with Gasteiger partial charge in [0.05, 0.1) is 5.56 Å². The van der Waals surface area contributed by atoms with E-state index in [9.17, 15) is 4.79 Å². The van der Waals surface area contributed by atoms with Gasteiger partial charge in [-0.25, -0.2) is 14.8 Å². The van der Waals surface area contributed by atoms with Crippen molar-refractivity contribution in [3.63, 3.8) is 0 Å². The minimum atomic E-state index is -0.961. The van der Waals surface area contributed by atoms with E-state index in [4.69, 9.17) is 5.11 Å². The molecule has 0 spiro atoms. The molecule has 0 aliphatic carbocycles. The zero-order valence-corrected chi connectivity index (χ0v) is 12.5. The molecule has 2 aromatic carbocycles. The fourth-order valence-electron chi connectivity index (χ4n) is 2.23. The topological polar surface area (TPSA) is 75.1 Å². The Balaban J connectivity index is 1.93. The molecule has 0 amide bonds. The molecule has 0 aliphatic heterocycles. The van der Waals surface area contributed by atoms with Gasteiger partial charge in [-0.05, 0) is 25.1 Å². The van der Waals surface area contributed by atoms with Crippen LogP contribution in [-0.2, 0) is 0 Å². The quantitative estimate of drug-likeness (QED) is 0.764. The Labute approximate surface area is 133 Å². The minimum absolute atomic E-state index is 0.226. The molecular formula is C18H15N3O2. The summed E-state index contributed by atoms with van der Waals surface area (Å²) in [5.41, 5.74) is 2.65. The van der Waals surface area contributed by atoms with E-state index in [1.807, 2.05) is 43.3 Å². The number of aromatic nitrogens is 2. The number of anilines is 2. The van der Waals surface area contributed by atoms with Crippen molar-refractivity contribution in [2.24, 2.45) is 0 Å². The Morgan fingerprint density at radius 3 is 2.52 bits per heavy atom. The second kappa shape index (κ2) is 6.27. The predicted molar refractivity (Wildman–Crippen MR) is 88.9 cm³/mol. The van der Waals surface area contributed by atoms with Crippen LogP contribution in [0.15, 0.2) is 60.7 Å². The highest BCUT2D eigenvalue weighted by Crippen LogP contribution is 2.21. The van der Waals surface area contributed by atoms with Gasteiger partial charge in [-0.15, -0.1) is 0 Å². The lowest BCUT2D eigenvalue weighted by Gasteiger charge is -2.09. The molecule has 0 saturated carbocycles. The number of benzene rings is 2. The highest BCUT2D eigenvalue weighted by molar-refractivity contribution is 5.89. The number of aryl methyl sites for hydroxylation is 1. The van der Waals surface area contributed by atoms with E-state index in [0.29, 0.717) is 17.3 Å². The van der Waals surface area contributed by atoms with Gasteiger partial charge in [-0.3, -0.25) is 0 Å². The molecule has 0 fully saturated rings. The fraction of sp³-hybridized carbons (Fsp3) is 0.0556. The van der Waals surface area contributed by atoms with Crippen LogP contribution in [-0.4, -0.2) is 21.0 Å². The lowest BCUT2D eigenvalue weighted by molar-refractivity contribution is 0.0697. The number of nitrogens with one attached hydrogen (secondary N) is 1. The van der Waals surface area contributed by atoms with Crippen molar-refractivity contribution in [2.75, 3.05) is 5.32 Å². The first-order chi connectivity index (χ1) is 11.1. The fourth-order valence-corrected chi connectivity index (χ4v) is 2.23. The van der Waals surface area contributed by atoms with Gasteiger partial charge in [0, 0.05) is 23.0 Å². The molecule has 3 aromatic rings. The van der Waals surface area contributed by atoms with Crippen molar-refractivity contribution in [3.8, 4) is 11.4 Å². The van der Waals surface area contributed by atoms with Gasteiger partial charge in [0.15, 0.2) is 5.82 Å². The van der Waals surface area contributed by atoms with Crippen LogP contribution in [0, 0.1) is 6.92 Å². The van der Waals surface area contributed by atoms with E-state index in [2.05, 4.69) is 15.3 Å². The summed E-state index contributed by atoms with van der Waals surface area (Å²) < 4.78 is 0. The Hall–Kier alpha value is -3.21. The normalized spacial score (nSPS) is 10.3. The first kappa shape index (κ1) is 14.7. The van der Waals surface area contributed by atoms with Crippen molar-refractivity contribution in [3.05, 3.63) is 71.9 Å². The van der Waals surface area contributed by atoms with Gasteiger partial charge < -0.3 is 10.4 Å². The molecule has 1 aromatic heterocycles. The summed E-state index contributed by atoms with van der Waals surface area (Å²) in [4.78, 5) is 20.0. The summed E-state index contributed by atoms with van der Waals surface area (Å²) in [6.07, 6.45) is 0. The highest BCUT2D eigenvalue weighted by atomic mass is 16.4. The molecule has 0 saturated heterocycles. The van der Waals surface area contributed by atoms with E-state index in [-0.39, 0.29) is 5.56 Å². The lowest BCUT2D eigenvalue weighted by Crippen LogP contribution is -2.01. The Bertz CT molecular complexity index is 848. The zero-order chi connectivity index (χ0) is 16.2. The SMILES string of the molecule is Cc1cc(Nc2cccc(C(=O)O)c2)nc(-c2ccccc2)n1. The van der Waals surface area contributed by atoms with Crippen LogP contribution < -0.4 is 5.32 Å². The van der Waals surface area contributed by atoms with Gasteiger partial charge in [0.2, 0.25) is 0 Å². The zero-order valence-electron chi connectivity index (χ0n) is 12.5. The van der Waals surface area contributed by atoms with Crippen molar-refractivity contribution < 1.29 is 9.90 Å². The van der Waals surface area contributed by atoms with Crippen LogP contribution in [0.2, 0.25) is 0 Å². The van der Waals surface area contributed by atoms with Crippen molar-refractivity contribution >= 4 is 17.5 Å². The van der Waals surface area contributed by atoms with Crippen molar-refractivity contribution in [2.45, 2.75) is 6.92 Å². The van der Waals surface area contributed by atoms with E-state index in [1.54, 1.807) is 24.3 Å². The van der Waals surface area contributed by atoms with Gasteiger partial charge >= 0.3 is 5.97 Å². The average Bonchev–Trinajstić information content (AvgIpc) is 2.55. The molecule has 0 unspecified atom stereocenters. The van der Waals surface area contributed by atoms with Gasteiger partial charge in [-0.2, -0.15) is 0 Å². The largest absolute Gasteiger partial charge is 0.478 e. The molecule has 0 aliphatic rings. The van der Waals surface area contributed by atoms with Crippen LogP contribution >= 0.6 is 0 Å². The van der Waals surface area contributed by atoms with E-state index < -0.39 is 5.97 Å². The standard InChI is InChI=1S/C18H15N3O2/c1-12-10-16(20-15-9-5-8-14(11-15)18(22)23)21-17(19-12)13-6-3-2-4-7-13/h2-11H,1H3,(H,22,23)(H,19,20,21). The second-order valence-electron chi connectivity index (χ2n) is 5.10. The van der Waals surface area contributed by atoms with E-state index >= 15 is 0 Å². The van der Waals surface area contributed by atoms with Crippen LogP contribution in [0.25, 0.3) is 11.4 Å². The first-order valence-corrected chi connectivity index (χ1v) is 7.13. The number of hydrogen-bond acceptors (Lipinski definition) is 4. The van der Waals surface area contributed by atoms with Crippen LogP contribution in [0.3, 0.4) is 0 Å². The van der Waals surface area contributed by atoms with E-state index in [0.717, 1.165) is 11.3 Å². The maximum absolute atomic E-state index is 11.0. The van der Waals surface area contributed by atoms with Gasteiger partial charge in [0.25, 0.3) is 0 Å². The molecule has 0 atom stereocenters. The summed E-state index contributed by atoms with van der Waals surface area (Å²) >= 11 is 0. The molecule has 0 bridgehead atoms. The summed E-state index contributed by atoms with van der Waals surface area (Å²) in [6, 6.07) is 18.1.